The number of nitrogens with two attached hydrogens (primary N) is 3. The van der Waals surface area contributed by atoms with Gasteiger partial charge < -0.3 is 33.2 Å². The lowest BCUT2D eigenvalue weighted by Gasteiger charge is -2.10. The van der Waals surface area contributed by atoms with Crippen molar-refractivity contribution in [1.29, 1.82) is 0 Å². The molecule has 0 spiro atoms. The minimum atomic E-state index is 0.275. The molecule has 0 rings (SSSR count). The maximum absolute atomic E-state index is 5.90. The molecule has 1 unspecified atom stereocenters. The van der Waals surface area contributed by atoms with E-state index in [2.05, 4.69) is 16.0 Å². The van der Waals surface area contributed by atoms with E-state index >= 15 is 0 Å². The second-order valence-electron chi connectivity index (χ2n) is 5.58. The first kappa shape index (κ1) is 20.8. The molecular formula is C15H38N6. The van der Waals surface area contributed by atoms with Crippen molar-refractivity contribution in [3.8, 4) is 0 Å². The van der Waals surface area contributed by atoms with Crippen LogP contribution in [0.5, 0.6) is 0 Å². The summed E-state index contributed by atoms with van der Waals surface area (Å²) in [6.45, 7) is 7.90. The summed E-state index contributed by atoms with van der Waals surface area (Å²) in [7, 11) is 0. The Morgan fingerprint density at radius 1 is 0.571 bits per heavy atom. The van der Waals surface area contributed by atoms with E-state index in [0.717, 1.165) is 71.5 Å². The van der Waals surface area contributed by atoms with Crippen molar-refractivity contribution in [3.05, 3.63) is 0 Å². The predicted octanol–water partition coefficient (Wildman–Crippen LogP) is -0.659. The Kier molecular flexibility index (Phi) is 17.6. The lowest BCUT2D eigenvalue weighted by Crippen LogP contribution is -2.27. The summed E-state index contributed by atoms with van der Waals surface area (Å²) < 4.78 is 0. The van der Waals surface area contributed by atoms with Crippen LogP contribution in [0.3, 0.4) is 0 Å². The van der Waals surface area contributed by atoms with E-state index in [4.69, 9.17) is 17.2 Å². The molecule has 0 fully saturated rings. The average Bonchev–Trinajstić information content (AvgIpc) is 2.48. The highest BCUT2D eigenvalue weighted by Crippen LogP contribution is 1.96. The molecule has 0 aromatic heterocycles. The Morgan fingerprint density at radius 2 is 1.05 bits per heavy atom. The average molecular weight is 303 g/mol. The van der Waals surface area contributed by atoms with Crippen molar-refractivity contribution in [2.24, 2.45) is 17.2 Å². The van der Waals surface area contributed by atoms with Gasteiger partial charge in [0.05, 0.1) is 0 Å². The molecule has 1 atom stereocenters. The summed E-state index contributed by atoms with van der Waals surface area (Å²) in [5, 5.41) is 10.3. The van der Waals surface area contributed by atoms with E-state index in [0.29, 0.717) is 6.54 Å². The molecule has 0 aromatic rings. The Bertz CT molecular complexity index is 191. The molecule has 128 valence electrons. The van der Waals surface area contributed by atoms with E-state index in [9.17, 15) is 0 Å². The van der Waals surface area contributed by atoms with Gasteiger partial charge in [-0.2, -0.15) is 0 Å². The fourth-order valence-corrected chi connectivity index (χ4v) is 2.13. The molecule has 0 saturated heterocycles. The van der Waals surface area contributed by atoms with Crippen LogP contribution >= 0.6 is 0 Å². The topological polar surface area (TPSA) is 114 Å². The van der Waals surface area contributed by atoms with Gasteiger partial charge in [-0.1, -0.05) is 0 Å². The molecule has 0 aliphatic heterocycles. The summed E-state index contributed by atoms with van der Waals surface area (Å²) in [4.78, 5) is 0. The van der Waals surface area contributed by atoms with E-state index < -0.39 is 0 Å². The lowest BCUT2D eigenvalue weighted by molar-refractivity contribution is 0.518. The quantitative estimate of drug-likeness (QED) is 0.199. The Morgan fingerprint density at radius 3 is 1.52 bits per heavy atom. The molecule has 0 saturated carbocycles. The molecule has 0 bridgehead atoms. The summed E-state index contributed by atoms with van der Waals surface area (Å²) in [6.07, 6.45) is 6.57. The molecule has 6 heteroatoms. The molecule has 0 radical (unpaired) electrons. The third-order valence-electron chi connectivity index (χ3n) is 3.44. The molecule has 0 aliphatic rings. The summed E-state index contributed by atoms with van der Waals surface area (Å²) in [5.74, 6) is 0. The van der Waals surface area contributed by atoms with Crippen molar-refractivity contribution in [2.45, 2.75) is 44.6 Å². The normalized spacial score (nSPS) is 12.7. The molecule has 0 aliphatic carbocycles. The van der Waals surface area contributed by atoms with Gasteiger partial charge in [-0.25, -0.2) is 0 Å². The van der Waals surface area contributed by atoms with Crippen LogP contribution in [0.2, 0.25) is 0 Å². The number of rotatable bonds is 17. The zero-order chi connectivity index (χ0) is 15.6. The molecule has 0 aromatic carbocycles. The smallest absolute Gasteiger partial charge is 0.00513 e. The highest BCUT2D eigenvalue weighted by molar-refractivity contribution is 4.62. The van der Waals surface area contributed by atoms with Crippen molar-refractivity contribution >= 4 is 0 Å². The van der Waals surface area contributed by atoms with Crippen LogP contribution in [0.25, 0.3) is 0 Å². The van der Waals surface area contributed by atoms with Crippen molar-refractivity contribution in [1.82, 2.24) is 16.0 Å². The first-order chi connectivity index (χ1) is 10.3. The van der Waals surface area contributed by atoms with Gasteiger partial charge in [-0.05, 0) is 90.9 Å². The fraction of sp³-hybridized carbons (Fsp3) is 1.00. The van der Waals surface area contributed by atoms with E-state index in [1.807, 2.05) is 0 Å². The van der Waals surface area contributed by atoms with Gasteiger partial charge in [0.15, 0.2) is 0 Å². The molecular weight excluding hydrogens is 264 g/mol. The number of hydrogen-bond acceptors (Lipinski definition) is 6. The fourth-order valence-electron chi connectivity index (χ4n) is 2.13. The summed E-state index contributed by atoms with van der Waals surface area (Å²) in [5.41, 5.74) is 16.8. The van der Waals surface area contributed by atoms with Gasteiger partial charge in [0.1, 0.15) is 0 Å². The predicted molar refractivity (Wildman–Crippen MR) is 92.4 cm³/mol. The van der Waals surface area contributed by atoms with E-state index in [1.54, 1.807) is 0 Å². The maximum Gasteiger partial charge on any atom is 0.00513 e. The number of nitrogens with one attached hydrogen (secondary N) is 3. The van der Waals surface area contributed by atoms with Gasteiger partial charge in [0.25, 0.3) is 0 Å². The zero-order valence-corrected chi connectivity index (χ0v) is 13.7. The first-order valence-corrected chi connectivity index (χ1v) is 8.59. The third kappa shape index (κ3) is 17.7. The van der Waals surface area contributed by atoms with Gasteiger partial charge >= 0.3 is 0 Å². The van der Waals surface area contributed by atoms with Crippen molar-refractivity contribution in [2.75, 3.05) is 52.4 Å². The second kappa shape index (κ2) is 17.8. The van der Waals surface area contributed by atoms with Crippen LogP contribution in [-0.4, -0.2) is 58.4 Å². The van der Waals surface area contributed by atoms with Gasteiger partial charge in [-0.15, -0.1) is 0 Å². The highest BCUT2D eigenvalue weighted by atomic mass is 14.9. The second-order valence-corrected chi connectivity index (χ2v) is 5.58. The number of hydrogen-bond donors (Lipinski definition) is 6. The zero-order valence-electron chi connectivity index (χ0n) is 13.7. The summed E-state index contributed by atoms with van der Waals surface area (Å²) >= 11 is 0. The van der Waals surface area contributed by atoms with Crippen LogP contribution in [-0.2, 0) is 0 Å². The van der Waals surface area contributed by atoms with Gasteiger partial charge in [0.2, 0.25) is 0 Å². The first-order valence-electron chi connectivity index (χ1n) is 8.59. The van der Waals surface area contributed by atoms with Crippen LogP contribution in [0.4, 0.5) is 0 Å². The Balaban J connectivity index is 2.99. The van der Waals surface area contributed by atoms with Gasteiger partial charge in [0, 0.05) is 6.04 Å². The highest BCUT2D eigenvalue weighted by Gasteiger charge is 1.99. The van der Waals surface area contributed by atoms with Gasteiger partial charge in [-0.3, -0.25) is 0 Å². The SMILES string of the molecule is NCCCNCCCNCCCNCCCC(N)CCN. The van der Waals surface area contributed by atoms with E-state index in [1.165, 1.54) is 12.8 Å². The molecule has 9 N–H and O–H groups in total. The molecule has 0 heterocycles. The van der Waals surface area contributed by atoms with Crippen LogP contribution in [0.15, 0.2) is 0 Å². The maximum atomic E-state index is 5.90. The third-order valence-corrected chi connectivity index (χ3v) is 3.44. The van der Waals surface area contributed by atoms with Crippen LogP contribution in [0, 0.1) is 0 Å². The standard InChI is InChI=1S/C15H38N6/c16-7-2-10-20-12-4-14-21-13-3-11-19-9-1-5-15(18)6-8-17/h15,19-21H,1-14,16-18H2. The Labute approximate surface area is 131 Å². The van der Waals surface area contributed by atoms with Crippen molar-refractivity contribution in [3.63, 3.8) is 0 Å². The monoisotopic (exact) mass is 302 g/mol. The molecule has 6 nitrogen and oxygen atoms in total. The largest absolute Gasteiger partial charge is 0.330 e. The minimum Gasteiger partial charge on any atom is -0.330 e. The molecule has 0 amide bonds. The van der Waals surface area contributed by atoms with Crippen LogP contribution in [0.1, 0.15) is 38.5 Å². The van der Waals surface area contributed by atoms with E-state index in [-0.39, 0.29) is 6.04 Å². The lowest BCUT2D eigenvalue weighted by atomic mass is 10.1. The van der Waals surface area contributed by atoms with Crippen LogP contribution < -0.4 is 33.2 Å². The Hall–Kier alpha value is -0.240. The summed E-state index contributed by atoms with van der Waals surface area (Å²) in [6, 6.07) is 0.275. The molecule has 21 heavy (non-hydrogen) atoms. The minimum absolute atomic E-state index is 0.275. The van der Waals surface area contributed by atoms with Crippen molar-refractivity contribution < 1.29 is 0 Å².